The first kappa shape index (κ1) is 17.7. The molecule has 0 amide bonds. The van der Waals surface area contributed by atoms with Crippen molar-refractivity contribution in [3.63, 3.8) is 0 Å². The Kier molecular flexibility index (Phi) is 4.99. The first-order valence-electron chi connectivity index (χ1n) is 7.30. The third-order valence-corrected chi connectivity index (χ3v) is 5.47. The van der Waals surface area contributed by atoms with Crippen LogP contribution in [-0.4, -0.2) is 18.6 Å². The fraction of sp³-hybridized carbons (Fsp3) is 0.125. The first-order valence-corrected chi connectivity index (χ1v) is 9.54. The summed E-state index contributed by atoms with van der Waals surface area (Å²) >= 11 is 12.0. The van der Waals surface area contributed by atoms with Crippen LogP contribution in [0.5, 0.6) is 0 Å². The molecule has 1 aromatic heterocycles. The van der Waals surface area contributed by atoms with Crippen LogP contribution in [0, 0.1) is 0 Å². The Hall–Kier alpha value is -2.09. The Labute approximate surface area is 154 Å². The van der Waals surface area contributed by atoms with Crippen molar-refractivity contribution in [2.75, 3.05) is 4.72 Å². The molecule has 2 aromatic carbocycles. The molecule has 0 saturated carbocycles. The van der Waals surface area contributed by atoms with E-state index in [9.17, 15) is 8.42 Å². The van der Waals surface area contributed by atoms with Crippen molar-refractivity contribution >= 4 is 38.9 Å². The second-order valence-electron chi connectivity index (χ2n) is 5.10. The van der Waals surface area contributed by atoms with E-state index in [1.807, 2.05) is 6.92 Å². The molecule has 0 saturated heterocycles. The van der Waals surface area contributed by atoms with Crippen molar-refractivity contribution in [2.24, 2.45) is 0 Å². The van der Waals surface area contributed by atoms with E-state index in [-0.39, 0.29) is 21.5 Å². The Bertz CT molecular complexity index is 1020. The van der Waals surface area contributed by atoms with Gasteiger partial charge in [-0.15, -0.1) is 0 Å². The van der Waals surface area contributed by atoms with E-state index in [0.29, 0.717) is 22.8 Å². The van der Waals surface area contributed by atoms with Crippen molar-refractivity contribution in [3.05, 3.63) is 58.3 Å². The van der Waals surface area contributed by atoms with E-state index in [0.717, 1.165) is 0 Å². The zero-order valence-corrected chi connectivity index (χ0v) is 15.4. The molecule has 3 rings (SSSR count). The Morgan fingerprint density at radius 2 is 1.92 bits per heavy atom. The predicted octanol–water partition coefficient (Wildman–Crippen LogP) is 4.41. The molecule has 0 aliphatic heterocycles. The van der Waals surface area contributed by atoms with Crippen molar-refractivity contribution in [1.29, 1.82) is 0 Å². The number of anilines is 1. The van der Waals surface area contributed by atoms with Crippen LogP contribution in [0.4, 0.5) is 5.69 Å². The lowest BCUT2D eigenvalue weighted by atomic mass is 10.2. The van der Waals surface area contributed by atoms with Crippen LogP contribution in [0.15, 0.2) is 51.9 Å². The molecule has 0 fully saturated rings. The summed E-state index contributed by atoms with van der Waals surface area (Å²) in [5.41, 5.74) is 0.644. The summed E-state index contributed by atoms with van der Waals surface area (Å²) in [6.45, 7) is 1.88. The molecule has 0 unspecified atom stereocenters. The van der Waals surface area contributed by atoms with E-state index in [1.165, 1.54) is 18.2 Å². The second-order valence-corrected chi connectivity index (χ2v) is 7.59. The number of rotatable bonds is 5. The Morgan fingerprint density at radius 3 is 2.60 bits per heavy atom. The molecule has 1 heterocycles. The van der Waals surface area contributed by atoms with Crippen molar-refractivity contribution in [3.8, 4) is 11.5 Å². The molecule has 0 aliphatic carbocycles. The zero-order valence-electron chi connectivity index (χ0n) is 13.0. The standard InChI is InChI=1S/C16H13Cl2N3O3S/c1-2-15-19-16(24-20-15)11-9-10(17)7-8-13(11)21-25(22,23)14-6-4-3-5-12(14)18/h3-9,21H,2H2,1H3. The number of sulfonamides is 1. The van der Waals surface area contributed by atoms with E-state index >= 15 is 0 Å². The van der Waals surface area contributed by atoms with Crippen molar-refractivity contribution in [1.82, 2.24) is 10.1 Å². The topological polar surface area (TPSA) is 85.1 Å². The molecular weight excluding hydrogens is 385 g/mol. The monoisotopic (exact) mass is 397 g/mol. The first-order chi connectivity index (χ1) is 11.9. The number of nitrogens with zero attached hydrogens (tertiary/aromatic N) is 2. The predicted molar refractivity (Wildman–Crippen MR) is 96.4 cm³/mol. The highest BCUT2D eigenvalue weighted by Crippen LogP contribution is 2.32. The molecular formula is C16H13Cl2N3O3S. The molecule has 0 spiro atoms. The Balaban J connectivity index is 2.05. The van der Waals surface area contributed by atoms with E-state index in [2.05, 4.69) is 14.9 Å². The van der Waals surface area contributed by atoms with Gasteiger partial charge < -0.3 is 4.52 Å². The van der Waals surface area contributed by atoms with Crippen molar-refractivity contribution < 1.29 is 12.9 Å². The quantitative estimate of drug-likeness (QED) is 0.688. The normalized spacial score (nSPS) is 11.5. The Morgan fingerprint density at radius 1 is 1.16 bits per heavy atom. The van der Waals surface area contributed by atoms with Gasteiger partial charge >= 0.3 is 0 Å². The summed E-state index contributed by atoms with van der Waals surface area (Å²) in [6.07, 6.45) is 0.588. The summed E-state index contributed by atoms with van der Waals surface area (Å²) in [5, 5.41) is 4.35. The molecule has 1 N–H and O–H groups in total. The average Bonchev–Trinajstić information content (AvgIpc) is 3.05. The average molecular weight is 398 g/mol. The maximum absolute atomic E-state index is 12.7. The van der Waals surface area contributed by atoms with Gasteiger partial charge in [-0.2, -0.15) is 4.98 Å². The number of benzene rings is 2. The lowest BCUT2D eigenvalue weighted by Gasteiger charge is -2.12. The molecule has 9 heteroatoms. The summed E-state index contributed by atoms with van der Waals surface area (Å²) in [6, 6.07) is 10.8. The van der Waals surface area contributed by atoms with Crippen LogP contribution in [0.3, 0.4) is 0 Å². The minimum absolute atomic E-state index is 0.0302. The smallest absolute Gasteiger partial charge is 0.263 e. The minimum Gasteiger partial charge on any atom is -0.334 e. The molecule has 0 radical (unpaired) electrons. The summed E-state index contributed by atoms with van der Waals surface area (Å²) in [5.74, 6) is 0.686. The fourth-order valence-corrected chi connectivity index (χ4v) is 3.92. The molecule has 25 heavy (non-hydrogen) atoms. The molecule has 3 aromatic rings. The van der Waals surface area contributed by atoms with Gasteiger partial charge in [0.1, 0.15) is 4.90 Å². The molecule has 0 bridgehead atoms. The number of halogens is 2. The van der Waals surface area contributed by atoms with E-state index in [4.69, 9.17) is 27.7 Å². The SMILES string of the molecule is CCc1noc(-c2cc(Cl)ccc2NS(=O)(=O)c2ccccc2Cl)n1. The van der Waals surface area contributed by atoms with Crippen LogP contribution >= 0.6 is 23.2 Å². The summed E-state index contributed by atoms with van der Waals surface area (Å²) in [4.78, 5) is 4.19. The van der Waals surface area contributed by atoms with Gasteiger partial charge in [-0.25, -0.2) is 8.42 Å². The highest BCUT2D eigenvalue weighted by molar-refractivity contribution is 7.92. The maximum Gasteiger partial charge on any atom is 0.263 e. The largest absolute Gasteiger partial charge is 0.334 e. The molecule has 0 aliphatic rings. The molecule has 0 atom stereocenters. The molecule has 6 nitrogen and oxygen atoms in total. The summed E-state index contributed by atoms with van der Waals surface area (Å²) < 4.78 is 33.0. The number of aryl methyl sites for hydroxylation is 1. The van der Waals surface area contributed by atoms with Crippen LogP contribution in [0.1, 0.15) is 12.7 Å². The highest BCUT2D eigenvalue weighted by Gasteiger charge is 2.21. The van der Waals surface area contributed by atoms with Gasteiger partial charge in [0.05, 0.1) is 16.3 Å². The highest BCUT2D eigenvalue weighted by atomic mass is 35.5. The van der Waals surface area contributed by atoms with Gasteiger partial charge in [0, 0.05) is 11.4 Å². The summed E-state index contributed by atoms with van der Waals surface area (Å²) in [7, 11) is -3.90. The van der Waals surface area contributed by atoms with E-state index < -0.39 is 10.0 Å². The number of aromatic nitrogens is 2. The van der Waals surface area contributed by atoms with Crippen LogP contribution in [-0.2, 0) is 16.4 Å². The van der Waals surface area contributed by atoms with Crippen LogP contribution in [0.2, 0.25) is 10.0 Å². The van der Waals surface area contributed by atoms with Gasteiger partial charge in [-0.05, 0) is 30.3 Å². The second kappa shape index (κ2) is 7.03. The van der Waals surface area contributed by atoms with E-state index in [1.54, 1.807) is 24.3 Å². The fourth-order valence-electron chi connectivity index (χ4n) is 2.15. The lowest BCUT2D eigenvalue weighted by molar-refractivity contribution is 0.423. The van der Waals surface area contributed by atoms with Crippen molar-refractivity contribution in [2.45, 2.75) is 18.2 Å². The van der Waals surface area contributed by atoms with Gasteiger partial charge in [-0.3, -0.25) is 4.72 Å². The van der Waals surface area contributed by atoms with Crippen LogP contribution < -0.4 is 4.72 Å². The maximum atomic E-state index is 12.7. The third-order valence-electron chi connectivity index (χ3n) is 3.37. The third kappa shape index (κ3) is 3.78. The van der Waals surface area contributed by atoms with Gasteiger partial charge in [0.25, 0.3) is 15.9 Å². The van der Waals surface area contributed by atoms with Crippen LogP contribution in [0.25, 0.3) is 11.5 Å². The van der Waals surface area contributed by atoms with Gasteiger partial charge in [0.2, 0.25) is 0 Å². The molecule has 130 valence electrons. The number of nitrogens with one attached hydrogen (secondary N) is 1. The zero-order chi connectivity index (χ0) is 18.0. The number of hydrogen-bond donors (Lipinski definition) is 1. The minimum atomic E-state index is -3.90. The van der Waals surface area contributed by atoms with Gasteiger partial charge in [0.15, 0.2) is 5.82 Å². The lowest BCUT2D eigenvalue weighted by Crippen LogP contribution is -2.14. The van der Waals surface area contributed by atoms with Gasteiger partial charge in [-0.1, -0.05) is 47.4 Å². The number of hydrogen-bond acceptors (Lipinski definition) is 5.